The van der Waals surface area contributed by atoms with Crippen LogP contribution in [0.3, 0.4) is 0 Å². The zero-order chi connectivity index (χ0) is 21.3. The summed E-state index contributed by atoms with van der Waals surface area (Å²) in [6, 6.07) is 19.3. The summed E-state index contributed by atoms with van der Waals surface area (Å²) in [5.41, 5.74) is 2.04. The van der Waals surface area contributed by atoms with E-state index >= 15 is 0 Å². The van der Waals surface area contributed by atoms with Crippen molar-refractivity contribution in [2.24, 2.45) is 0 Å². The normalized spacial score (nSPS) is 10.7. The van der Waals surface area contributed by atoms with E-state index in [2.05, 4.69) is 5.32 Å². The number of hydrogen-bond acceptors (Lipinski definition) is 5. The molecule has 0 saturated heterocycles. The van der Waals surface area contributed by atoms with E-state index in [-0.39, 0.29) is 28.1 Å². The fraction of sp³-hybridized carbons (Fsp3) is 0.0435. The first-order valence-electron chi connectivity index (χ1n) is 9.13. The summed E-state index contributed by atoms with van der Waals surface area (Å²) in [5, 5.41) is 13.9. The van der Waals surface area contributed by atoms with Crippen LogP contribution in [0, 0.1) is 17.0 Å². The molecule has 7 nitrogen and oxygen atoms in total. The molecule has 1 heterocycles. The highest BCUT2D eigenvalue weighted by Gasteiger charge is 2.19. The van der Waals surface area contributed by atoms with Crippen molar-refractivity contribution in [1.82, 2.24) is 0 Å². The lowest BCUT2D eigenvalue weighted by Crippen LogP contribution is -2.16. The van der Waals surface area contributed by atoms with E-state index in [0.717, 1.165) is 5.56 Å². The molecular formula is C23H16N2O5. The first kappa shape index (κ1) is 19.1. The summed E-state index contributed by atoms with van der Waals surface area (Å²) in [6.07, 6.45) is 0. The highest BCUT2D eigenvalue weighted by atomic mass is 16.6. The predicted molar refractivity (Wildman–Crippen MR) is 114 cm³/mol. The first-order chi connectivity index (χ1) is 14.4. The van der Waals surface area contributed by atoms with Gasteiger partial charge in [-0.15, -0.1) is 0 Å². The number of nitrogens with one attached hydrogen (secondary N) is 1. The maximum absolute atomic E-state index is 13.2. The van der Waals surface area contributed by atoms with Gasteiger partial charge in [-0.3, -0.25) is 25.0 Å². The molecule has 0 saturated carbocycles. The summed E-state index contributed by atoms with van der Waals surface area (Å²) in [7, 11) is 0. The highest BCUT2D eigenvalue weighted by Crippen LogP contribution is 2.29. The van der Waals surface area contributed by atoms with Gasteiger partial charge in [-0.25, -0.2) is 0 Å². The number of carbonyl (C=O) groups excluding carboxylic acids is 1. The van der Waals surface area contributed by atoms with Crippen LogP contribution >= 0.6 is 0 Å². The second-order valence-corrected chi connectivity index (χ2v) is 6.76. The molecule has 1 amide bonds. The predicted octanol–water partition coefficient (Wildman–Crippen LogP) is 4.93. The molecule has 0 atom stereocenters. The van der Waals surface area contributed by atoms with Crippen LogP contribution in [0.2, 0.25) is 0 Å². The molecule has 0 bridgehead atoms. The van der Waals surface area contributed by atoms with Gasteiger partial charge in [-0.2, -0.15) is 0 Å². The molecule has 7 heteroatoms. The van der Waals surface area contributed by atoms with Crippen LogP contribution < -0.4 is 10.7 Å². The Morgan fingerprint density at radius 1 is 0.967 bits per heavy atom. The van der Waals surface area contributed by atoms with Crippen LogP contribution in [0.1, 0.15) is 15.9 Å². The molecule has 0 aliphatic heterocycles. The number of fused-ring (bicyclic) bond motifs is 1. The maximum Gasteiger partial charge on any atom is 0.269 e. The van der Waals surface area contributed by atoms with E-state index in [0.29, 0.717) is 16.5 Å². The monoisotopic (exact) mass is 400 g/mol. The summed E-state index contributed by atoms with van der Waals surface area (Å²) in [5.74, 6) is -0.525. The number of para-hydroxylation sites is 1. The molecule has 0 fully saturated rings. The van der Waals surface area contributed by atoms with Crippen LogP contribution in [0.5, 0.6) is 0 Å². The first-order valence-corrected chi connectivity index (χ1v) is 9.13. The van der Waals surface area contributed by atoms with Crippen LogP contribution in [0.4, 0.5) is 11.6 Å². The number of nitrogens with zero attached hydrogens (tertiary/aromatic N) is 1. The molecule has 0 unspecified atom stereocenters. The summed E-state index contributed by atoms with van der Waals surface area (Å²) in [4.78, 5) is 36.2. The number of nitro benzene ring substituents is 1. The maximum atomic E-state index is 13.2. The number of non-ortho nitro benzene ring substituents is 1. The van der Waals surface area contributed by atoms with Gasteiger partial charge < -0.3 is 4.42 Å². The van der Waals surface area contributed by atoms with Crippen molar-refractivity contribution in [3.8, 4) is 11.1 Å². The zero-order valence-electron chi connectivity index (χ0n) is 15.9. The SMILES string of the molecule is Cc1ccc(-c2c(NC(=O)c3ccc([N+](=O)[O-])cc3)oc3ccccc3c2=O)cc1. The van der Waals surface area contributed by atoms with Gasteiger partial charge in [0.05, 0.1) is 15.9 Å². The molecule has 148 valence electrons. The molecule has 0 spiro atoms. The molecule has 4 aromatic rings. The van der Waals surface area contributed by atoms with Gasteiger partial charge >= 0.3 is 0 Å². The molecule has 3 aromatic carbocycles. The van der Waals surface area contributed by atoms with Gasteiger partial charge in [0, 0.05) is 17.7 Å². The van der Waals surface area contributed by atoms with Crippen LogP contribution in [-0.4, -0.2) is 10.8 Å². The summed E-state index contributed by atoms with van der Waals surface area (Å²) in [6.45, 7) is 1.93. The van der Waals surface area contributed by atoms with Crippen molar-refractivity contribution in [3.05, 3.63) is 104 Å². The van der Waals surface area contributed by atoms with Crippen molar-refractivity contribution >= 4 is 28.4 Å². The number of rotatable bonds is 4. The van der Waals surface area contributed by atoms with E-state index in [9.17, 15) is 19.7 Å². The number of carbonyl (C=O) groups is 1. The van der Waals surface area contributed by atoms with Crippen molar-refractivity contribution in [2.75, 3.05) is 5.32 Å². The third-order valence-corrected chi connectivity index (χ3v) is 4.71. The lowest BCUT2D eigenvalue weighted by Gasteiger charge is -2.11. The van der Waals surface area contributed by atoms with Crippen molar-refractivity contribution in [2.45, 2.75) is 6.92 Å². The highest BCUT2D eigenvalue weighted by molar-refractivity contribution is 6.06. The molecule has 30 heavy (non-hydrogen) atoms. The Labute approximate surface area is 170 Å². The molecule has 1 aromatic heterocycles. The van der Waals surface area contributed by atoms with Crippen molar-refractivity contribution < 1.29 is 14.1 Å². The van der Waals surface area contributed by atoms with Crippen molar-refractivity contribution in [1.29, 1.82) is 0 Å². The van der Waals surface area contributed by atoms with Gasteiger partial charge in [0.2, 0.25) is 11.3 Å². The second kappa shape index (κ2) is 7.63. The topological polar surface area (TPSA) is 102 Å². The van der Waals surface area contributed by atoms with Crippen LogP contribution in [0.15, 0.2) is 82.0 Å². The van der Waals surface area contributed by atoms with E-state index in [1.807, 2.05) is 19.1 Å². The minimum atomic E-state index is -0.545. The molecule has 4 rings (SSSR count). The number of hydrogen-bond donors (Lipinski definition) is 1. The Balaban J connectivity index is 1.81. The van der Waals surface area contributed by atoms with Gasteiger partial charge in [-0.1, -0.05) is 42.0 Å². The number of anilines is 1. The molecule has 0 radical (unpaired) electrons. The van der Waals surface area contributed by atoms with E-state index in [1.165, 1.54) is 24.3 Å². The lowest BCUT2D eigenvalue weighted by atomic mass is 10.0. The Morgan fingerprint density at radius 2 is 1.63 bits per heavy atom. The zero-order valence-corrected chi connectivity index (χ0v) is 15.9. The van der Waals surface area contributed by atoms with Gasteiger partial charge in [0.1, 0.15) is 5.58 Å². The standard InChI is InChI=1S/C23H16N2O5/c1-14-6-8-15(9-7-14)20-21(26)18-4-2-3-5-19(18)30-23(20)24-22(27)16-10-12-17(13-11-16)25(28)29/h2-13H,1H3,(H,24,27). The molecule has 1 N–H and O–H groups in total. The van der Waals surface area contributed by atoms with Gasteiger partial charge in [0.25, 0.3) is 11.6 Å². The smallest absolute Gasteiger partial charge is 0.269 e. The largest absolute Gasteiger partial charge is 0.439 e. The van der Waals surface area contributed by atoms with Crippen LogP contribution in [-0.2, 0) is 0 Å². The molecular weight excluding hydrogens is 384 g/mol. The van der Waals surface area contributed by atoms with Crippen molar-refractivity contribution in [3.63, 3.8) is 0 Å². The van der Waals surface area contributed by atoms with E-state index in [1.54, 1.807) is 36.4 Å². The average molecular weight is 400 g/mol. The second-order valence-electron chi connectivity index (χ2n) is 6.76. The Kier molecular flexibility index (Phi) is 4.85. The summed E-state index contributed by atoms with van der Waals surface area (Å²) < 4.78 is 5.87. The third kappa shape index (κ3) is 3.56. The van der Waals surface area contributed by atoms with Crippen LogP contribution in [0.25, 0.3) is 22.1 Å². The molecule has 0 aliphatic carbocycles. The number of nitro groups is 1. The van der Waals surface area contributed by atoms with E-state index < -0.39 is 10.8 Å². The number of aryl methyl sites for hydroxylation is 1. The fourth-order valence-corrected chi connectivity index (χ4v) is 3.12. The third-order valence-electron chi connectivity index (χ3n) is 4.71. The Hall–Kier alpha value is -4.26. The van der Waals surface area contributed by atoms with Gasteiger partial charge in [-0.05, 0) is 36.8 Å². The minimum absolute atomic E-state index is 0.0194. The fourth-order valence-electron chi connectivity index (χ4n) is 3.12. The minimum Gasteiger partial charge on any atom is -0.439 e. The Morgan fingerprint density at radius 3 is 2.30 bits per heavy atom. The van der Waals surface area contributed by atoms with E-state index in [4.69, 9.17) is 4.42 Å². The average Bonchev–Trinajstić information content (AvgIpc) is 2.75. The lowest BCUT2D eigenvalue weighted by molar-refractivity contribution is -0.384. The van der Waals surface area contributed by atoms with Gasteiger partial charge in [0.15, 0.2) is 0 Å². The number of amides is 1. The molecule has 0 aliphatic rings. The Bertz CT molecular complexity index is 1320. The quantitative estimate of drug-likeness (QED) is 0.386. The summed E-state index contributed by atoms with van der Waals surface area (Å²) >= 11 is 0. The number of benzene rings is 3.